The molecule has 0 nitrogen and oxygen atoms in total. The lowest BCUT2D eigenvalue weighted by Crippen LogP contribution is -2.37. The molecular weight excluding hydrogens is 521 g/mol. The first-order valence-electron chi connectivity index (χ1n) is 14.0. The van der Waals surface area contributed by atoms with Crippen LogP contribution in [0.3, 0.4) is 0 Å². The van der Waals surface area contributed by atoms with Crippen molar-refractivity contribution in [2.24, 2.45) is 0 Å². The number of hydrogen-bond acceptors (Lipinski definition) is 0. The van der Waals surface area contributed by atoms with Crippen molar-refractivity contribution in [1.29, 1.82) is 0 Å². The minimum atomic E-state index is -2.09. The normalized spacial score (nSPS) is 14.5. The first-order valence-corrected chi connectivity index (χ1v) is 27.2. The Labute approximate surface area is 237 Å². The van der Waals surface area contributed by atoms with Crippen LogP contribution in [0.25, 0.3) is 15.6 Å². The number of rotatable bonds is 9. The van der Waals surface area contributed by atoms with Crippen LogP contribution in [-0.2, 0) is 0 Å². The fourth-order valence-electron chi connectivity index (χ4n) is 5.19. The first-order chi connectivity index (χ1) is 17.6. The van der Waals surface area contributed by atoms with E-state index in [9.17, 15) is 0 Å². The van der Waals surface area contributed by atoms with Gasteiger partial charge >= 0.3 is 0 Å². The molecule has 38 heavy (non-hydrogen) atoms. The summed E-state index contributed by atoms with van der Waals surface area (Å²) >= 11 is 0. The van der Waals surface area contributed by atoms with Crippen LogP contribution in [0, 0.1) is 0 Å². The highest BCUT2D eigenvalue weighted by Gasteiger charge is 2.37. The fraction of sp³-hybridized carbons (Fsp3) is 0.294. The molecule has 0 aliphatic rings. The second-order valence-corrected chi connectivity index (χ2v) is 32.5. The molecule has 0 bridgehead atoms. The van der Waals surface area contributed by atoms with Crippen LogP contribution in [0.4, 0.5) is 0 Å². The standard InChI is InChI=1S/C34H48Si4/c1-35(2,3)26-32(29-20-14-11-15-21-29)37(7,8)28-34(31-24-18-13-19-25-31)38(9,10)33(27-36(4,5)6)30-22-16-12-17-23-30/h11-28H,1-10H3/b32-26+,33-27+,34-28+. The minimum Gasteiger partial charge on any atom is -0.0947 e. The maximum atomic E-state index is 2.77. The molecule has 0 aliphatic carbocycles. The fourth-order valence-corrected chi connectivity index (χ4v) is 19.3. The Morgan fingerprint density at radius 1 is 0.395 bits per heavy atom. The molecule has 4 heteroatoms. The van der Waals surface area contributed by atoms with Crippen LogP contribution in [0.2, 0.25) is 65.5 Å². The van der Waals surface area contributed by atoms with E-state index in [-0.39, 0.29) is 0 Å². The molecule has 0 atom stereocenters. The zero-order valence-electron chi connectivity index (χ0n) is 25.4. The predicted molar refractivity (Wildman–Crippen MR) is 185 cm³/mol. The van der Waals surface area contributed by atoms with Crippen molar-refractivity contribution >= 4 is 47.9 Å². The highest BCUT2D eigenvalue weighted by molar-refractivity contribution is 7.12. The summed E-state index contributed by atoms with van der Waals surface area (Å²) in [5, 5.41) is 4.76. The Bertz CT molecular complexity index is 1290. The van der Waals surface area contributed by atoms with Gasteiger partial charge in [0.15, 0.2) is 0 Å². The summed E-state index contributed by atoms with van der Waals surface area (Å²) in [7, 11) is -7.00. The summed E-state index contributed by atoms with van der Waals surface area (Å²) in [5.74, 6) is 0. The highest BCUT2D eigenvalue weighted by Crippen LogP contribution is 2.41. The van der Waals surface area contributed by atoms with Crippen molar-refractivity contribution in [3.63, 3.8) is 0 Å². The predicted octanol–water partition coefficient (Wildman–Crippen LogP) is 10.6. The van der Waals surface area contributed by atoms with Gasteiger partial charge in [-0.2, -0.15) is 0 Å². The second kappa shape index (κ2) is 11.9. The van der Waals surface area contributed by atoms with Crippen LogP contribution in [0.5, 0.6) is 0 Å². The Hall–Kier alpha value is -2.25. The van der Waals surface area contributed by atoms with Gasteiger partial charge < -0.3 is 0 Å². The van der Waals surface area contributed by atoms with Crippen molar-refractivity contribution < 1.29 is 0 Å². The first kappa shape index (κ1) is 30.3. The van der Waals surface area contributed by atoms with Gasteiger partial charge in [0.25, 0.3) is 0 Å². The van der Waals surface area contributed by atoms with Gasteiger partial charge in [-0.1, -0.05) is 189 Å². The molecule has 200 valence electrons. The van der Waals surface area contributed by atoms with Crippen LogP contribution >= 0.6 is 0 Å². The monoisotopic (exact) mass is 568 g/mol. The second-order valence-electron chi connectivity index (χ2n) is 13.9. The van der Waals surface area contributed by atoms with Gasteiger partial charge in [0, 0.05) is 0 Å². The van der Waals surface area contributed by atoms with E-state index in [2.05, 4.69) is 174 Å². The van der Waals surface area contributed by atoms with E-state index in [1.807, 2.05) is 0 Å². The molecule has 0 saturated carbocycles. The SMILES string of the molecule is C[Si](C)(C)/C=C(\c1ccccc1)[Si](C)(C)/C=C(\c1ccccc1)[Si](C)(C)/C(=C/[Si](C)(C)C)c1ccccc1. The van der Waals surface area contributed by atoms with E-state index < -0.39 is 32.3 Å². The molecule has 0 aromatic heterocycles. The summed E-state index contributed by atoms with van der Waals surface area (Å²) in [6.07, 6.45) is 0. The van der Waals surface area contributed by atoms with E-state index >= 15 is 0 Å². The van der Waals surface area contributed by atoms with Crippen LogP contribution in [-0.4, -0.2) is 32.3 Å². The third-order valence-corrected chi connectivity index (χ3v) is 16.5. The summed E-state index contributed by atoms with van der Waals surface area (Å²) in [4.78, 5) is 0. The van der Waals surface area contributed by atoms with Gasteiger partial charge in [0.05, 0.1) is 16.1 Å². The maximum absolute atomic E-state index is 2.77. The van der Waals surface area contributed by atoms with E-state index in [0.717, 1.165) is 0 Å². The van der Waals surface area contributed by atoms with Gasteiger partial charge in [-0.25, -0.2) is 0 Å². The van der Waals surface area contributed by atoms with Gasteiger partial charge in [0.2, 0.25) is 0 Å². The molecule has 0 unspecified atom stereocenters. The van der Waals surface area contributed by atoms with Crippen molar-refractivity contribution in [2.45, 2.75) is 65.5 Å². The number of hydrogen-bond donors (Lipinski definition) is 0. The van der Waals surface area contributed by atoms with Crippen molar-refractivity contribution in [3.05, 3.63) is 125 Å². The van der Waals surface area contributed by atoms with Gasteiger partial charge in [-0.3, -0.25) is 0 Å². The lowest BCUT2D eigenvalue weighted by atomic mass is 10.2. The van der Waals surface area contributed by atoms with Gasteiger partial charge in [0.1, 0.15) is 16.1 Å². The van der Waals surface area contributed by atoms with Crippen molar-refractivity contribution in [3.8, 4) is 0 Å². The Kier molecular flexibility index (Phi) is 9.46. The largest absolute Gasteiger partial charge is 0.111 e. The maximum Gasteiger partial charge on any atom is 0.111 e. The molecular formula is C34H48Si4. The molecule has 0 spiro atoms. The zero-order chi connectivity index (χ0) is 28.2. The topological polar surface area (TPSA) is 0 Å². The molecule has 0 heterocycles. The minimum absolute atomic E-state index is 1.39. The quantitative estimate of drug-likeness (QED) is 0.225. The number of benzene rings is 3. The Morgan fingerprint density at radius 2 is 0.684 bits per heavy atom. The zero-order valence-corrected chi connectivity index (χ0v) is 29.4. The van der Waals surface area contributed by atoms with Crippen LogP contribution in [0.1, 0.15) is 16.7 Å². The van der Waals surface area contributed by atoms with Crippen LogP contribution in [0.15, 0.2) is 108 Å². The average molecular weight is 569 g/mol. The summed E-state index contributed by atoms with van der Waals surface area (Å²) in [6, 6.07) is 33.6. The lowest BCUT2D eigenvalue weighted by molar-refractivity contribution is 1.59. The Balaban J connectivity index is 2.34. The highest BCUT2D eigenvalue weighted by atomic mass is 28.3. The third kappa shape index (κ3) is 8.12. The molecule has 0 saturated heterocycles. The van der Waals surface area contributed by atoms with Crippen LogP contribution < -0.4 is 0 Å². The van der Waals surface area contributed by atoms with Crippen molar-refractivity contribution in [2.75, 3.05) is 0 Å². The summed E-state index contributed by atoms with van der Waals surface area (Å²) < 4.78 is 0. The molecule has 0 radical (unpaired) electrons. The summed E-state index contributed by atoms with van der Waals surface area (Å²) in [5.41, 5.74) is 12.3. The van der Waals surface area contributed by atoms with E-state index in [4.69, 9.17) is 0 Å². The molecule has 0 amide bonds. The molecule has 0 N–H and O–H groups in total. The smallest absolute Gasteiger partial charge is 0.0947 e. The molecule has 3 aromatic rings. The third-order valence-electron chi connectivity index (χ3n) is 6.96. The van der Waals surface area contributed by atoms with E-state index in [1.165, 1.54) is 16.7 Å². The average Bonchev–Trinajstić information content (AvgIpc) is 2.85. The molecule has 3 aromatic carbocycles. The molecule has 3 rings (SSSR count). The van der Waals surface area contributed by atoms with Crippen molar-refractivity contribution in [1.82, 2.24) is 0 Å². The lowest BCUT2D eigenvalue weighted by Gasteiger charge is -2.35. The van der Waals surface area contributed by atoms with E-state index in [0.29, 0.717) is 0 Å². The van der Waals surface area contributed by atoms with E-state index in [1.54, 1.807) is 15.6 Å². The van der Waals surface area contributed by atoms with Gasteiger partial charge in [-0.05, 0) is 16.7 Å². The molecule has 0 aliphatic heterocycles. The summed E-state index contributed by atoms with van der Waals surface area (Å²) in [6.45, 7) is 25.1. The van der Waals surface area contributed by atoms with Gasteiger partial charge in [-0.15, -0.1) is 0 Å². The molecule has 0 fully saturated rings. The Morgan fingerprint density at radius 3 is 1.03 bits per heavy atom.